The number of aromatic nitrogens is 2. The van der Waals surface area contributed by atoms with E-state index < -0.39 is 6.09 Å². The van der Waals surface area contributed by atoms with Crippen molar-refractivity contribution in [2.24, 2.45) is 0 Å². The Morgan fingerprint density at radius 3 is 2.69 bits per heavy atom. The highest BCUT2D eigenvalue weighted by molar-refractivity contribution is 5.99. The van der Waals surface area contributed by atoms with Gasteiger partial charge in [0.05, 0.1) is 18.5 Å². The molecule has 148 valence electrons. The fourth-order valence-electron chi connectivity index (χ4n) is 3.62. The molecule has 6 nitrogen and oxygen atoms in total. The summed E-state index contributed by atoms with van der Waals surface area (Å²) in [5.41, 5.74) is 5.97. The third kappa shape index (κ3) is 3.54. The van der Waals surface area contributed by atoms with Crippen LogP contribution in [0.25, 0.3) is 27.7 Å². The lowest BCUT2D eigenvalue weighted by Gasteiger charge is -2.13. The van der Waals surface area contributed by atoms with Crippen molar-refractivity contribution in [1.82, 2.24) is 14.3 Å². The van der Waals surface area contributed by atoms with E-state index in [1.165, 1.54) is 12.7 Å². The molecule has 29 heavy (non-hydrogen) atoms. The Morgan fingerprint density at radius 2 is 1.97 bits per heavy atom. The van der Waals surface area contributed by atoms with Crippen LogP contribution in [0.2, 0.25) is 0 Å². The Bertz CT molecular complexity index is 1210. The number of anilines is 1. The van der Waals surface area contributed by atoms with Crippen LogP contribution in [0.1, 0.15) is 11.3 Å². The van der Waals surface area contributed by atoms with Crippen LogP contribution >= 0.6 is 0 Å². The fourth-order valence-corrected chi connectivity index (χ4v) is 3.62. The molecule has 1 amide bonds. The smallest absolute Gasteiger partial charge is 0.411 e. The minimum atomic E-state index is -0.492. The molecule has 4 rings (SSSR count). The van der Waals surface area contributed by atoms with Crippen LogP contribution in [0.15, 0.2) is 54.7 Å². The number of carbonyl (C=O) groups excluding carboxylic acids is 1. The summed E-state index contributed by atoms with van der Waals surface area (Å²) >= 11 is 0. The number of imidazole rings is 1. The molecule has 0 saturated carbocycles. The maximum Gasteiger partial charge on any atom is 0.411 e. The number of rotatable bonds is 4. The Kier molecular flexibility index (Phi) is 4.94. The number of amides is 1. The van der Waals surface area contributed by atoms with E-state index in [0.717, 1.165) is 39.9 Å². The van der Waals surface area contributed by atoms with Crippen LogP contribution in [0, 0.1) is 6.92 Å². The summed E-state index contributed by atoms with van der Waals surface area (Å²) in [5.74, 6) is 0. The van der Waals surface area contributed by atoms with Gasteiger partial charge in [-0.15, -0.1) is 0 Å². The normalized spacial score (nSPS) is 11.3. The van der Waals surface area contributed by atoms with Crippen LogP contribution in [-0.4, -0.2) is 41.6 Å². The average Bonchev–Trinajstić information content (AvgIpc) is 3.06. The van der Waals surface area contributed by atoms with Crippen molar-refractivity contribution in [2.75, 3.05) is 26.5 Å². The highest BCUT2D eigenvalue weighted by Gasteiger charge is 2.18. The topological polar surface area (TPSA) is 58.9 Å². The van der Waals surface area contributed by atoms with E-state index in [-0.39, 0.29) is 0 Å². The van der Waals surface area contributed by atoms with Crippen LogP contribution in [0.3, 0.4) is 0 Å². The minimum absolute atomic E-state index is 0.492. The van der Waals surface area contributed by atoms with Gasteiger partial charge in [0.1, 0.15) is 5.65 Å². The van der Waals surface area contributed by atoms with Crippen LogP contribution < -0.4 is 5.32 Å². The van der Waals surface area contributed by atoms with Gasteiger partial charge in [-0.05, 0) is 50.2 Å². The lowest BCUT2D eigenvalue weighted by atomic mass is 10.0. The quantitative estimate of drug-likeness (QED) is 0.550. The van der Waals surface area contributed by atoms with Crippen molar-refractivity contribution in [3.63, 3.8) is 0 Å². The fraction of sp³-hybridized carbons (Fsp3) is 0.217. The zero-order chi connectivity index (χ0) is 20.5. The number of benzene rings is 2. The van der Waals surface area contributed by atoms with E-state index in [9.17, 15) is 4.79 Å². The van der Waals surface area contributed by atoms with Gasteiger partial charge in [0.25, 0.3) is 0 Å². The van der Waals surface area contributed by atoms with E-state index >= 15 is 0 Å². The lowest BCUT2D eigenvalue weighted by Crippen LogP contribution is -2.13. The number of methoxy groups -OCH3 is 1. The molecule has 6 heteroatoms. The first-order valence-corrected chi connectivity index (χ1v) is 9.47. The zero-order valence-corrected chi connectivity index (χ0v) is 17.1. The molecule has 0 saturated heterocycles. The summed E-state index contributed by atoms with van der Waals surface area (Å²) in [7, 11) is 5.46. The van der Waals surface area contributed by atoms with Crippen molar-refractivity contribution in [2.45, 2.75) is 13.5 Å². The summed E-state index contributed by atoms with van der Waals surface area (Å²) in [4.78, 5) is 18.8. The molecular formula is C23H24N4O2. The number of hydrogen-bond acceptors (Lipinski definition) is 4. The Hall–Kier alpha value is -3.38. The Labute approximate surface area is 169 Å². The first kappa shape index (κ1) is 19.0. The number of aryl methyl sites for hydroxylation is 1. The van der Waals surface area contributed by atoms with E-state index in [1.807, 2.05) is 30.3 Å². The molecule has 0 fully saturated rings. The van der Waals surface area contributed by atoms with Crippen molar-refractivity contribution in [1.29, 1.82) is 0 Å². The molecule has 0 aliphatic carbocycles. The predicted octanol–water partition coefficient (Wildman–Crippen LogP) is 4.70. The highest BCUT2D eigenvalue weighted by atomic mass is 16.5. The number of hydrogen-bond donors (Lipinski definition) is 1. The summed E-state index contributed by atoms with van der Waals surface area (Å²) < 4.78 is 6.86. The average molecular weight is 388 g/mol. The van der Waals surface area contributed by atoms with Crippen LogP contribution in [0.4, 0.5) is 10.5 Å². The molecule has 2 aromatic heterocycles. The molecule has 0 bridgehead atoms. The summed E-state index contributed by atoms with van der Waals surface area (Å²) in [5, 5.41) is 4.77. The van der Waals surface area contributed by atoms with Gasteiger partial charge in [-0.25, -0.2) is 9.78 Å². The molecule has 4 aromatic rings. The molecule has 2 heterocycles. The Morgan fingerprint density at radius 1 is 1.17 bits per heavy atom. The molecule has 0 spiro atoms. The van der Waals surface area contributed by atoms with Gasteiger partial charge in [0.15, 0.2) is 0 Å². The van der Waals surface area contributed by atoms with Crippen LogP contribution in [-0.2, 0) is 11.3 Å². The van der Waals surface area contributed by atoms with Gasteiger partial charge in [0, 0.05) is 29.4 Å². The van der Waals surface area contributed by atoms with Gasteiger partial charge in [0.2, 0.25) is 0 Å². The number of nitrogens with zero attached hydrogens (tertiary/aromatic N) is 3. The van der Waals surface area contributed by atoms with Crippen molar-refractivity contribution in [3.05, 3.63) is 66.0 Å². The van der Waals surface area contributed by atoms with E-state index in [0.29, 0.717) is 5.69 Å². The van der Waals surface area contributed by atoms with Gasteiger partial charge < -0.3 is 14.0 Å². The first-order valence-electron chi connectivity index (χ1n) is 9.47. The molecule has 1 N–H and O–H groups in total. The van der Waals surface area contributed by atoms with E-state index in [4.69, 9.17) is 9.72 Å². The van der Waals surface area contributed by atoms with Crippen molar-refractivity contribution >= 4 is 28.2 Å². The summed E-state index contributed by atoms with van der Waals surface area (Å²) in [6.07, 6.45) is 1.58. The predicted molar refractivity (Wildman–Crippen MR) is 116 cm³/mol. The standard InChI is InChI=1S/C23H24N4O2/c1-15-7-5-6-8-18(15)21-20(14-26(2)3)27-12-11-16-9-10-17(24-23(28)29-4)13-19(16)22(27)25-21/h5-13H,14H2,1-4H3,(H,24,28). The number of ether oxygens (including phenoxy) is 1. The highest BCUT2D eigenvalue weighted by Crippen LogP contribution is 2.31. The number of nitrogens with one attached hydrogen (secondary N) is 1. The minimum Gasteiger partial charge on any atom is -0.453 e. The molecule has 0 aliphatic rings. The Balaban J connectivity index is 1.98. The molecule has 0 atom stereocenters. The number of pyridine rings is 1. The number of carbonyl (C=O) groups is 1. The molecule has 0 unspecified atom stereocenters. The van der Waals surface area contributed by atoms with E-state index in [1.54, 1.807) is 0 Å². The second-order valence-corrected chi connectivity index (χ2v) is 7.39. The van der Waals surface area contributed by atoms with Crippen LogP contribution in [0.5, 0.6) is 0 Å². The third-order valence-corrected chi connectivity index (χ3v) is 5.01. The maximum absolute atomic E-state index is 11.6. The molecule has 2 aromatic carbocycles. The largest absolute Gasteiger partial charge is 0.453 e. The third-order valence-electron chi connectivity index (χ3n) is 5.01. The molecular weight excluding hydrogens is 364 g/mol. The zero-order valence-electron chi connectivity index (χ0n) is 17.1. The van der Waals surface area contributed by atoms with Gasteiger partial charge in [-0.1, -0.05) is 30.3 Å². The monoisotopic (exact) mass is 388 g/mol. The second-order valence-electron chi connectivity index (χ2n) is 7.39. The van der Waals surface area contributed by atoms with Gasteiger partial charge in [-0.3, -0.25) is 5.32 Å². The van der Waals surface area contributed by atoms with Crippen molar-refractivity contribution < 1.29 is 9.53 Å². The first-order chi connectivity index (χ1) is 14.0. The lowest BCUT2D eigenvalue weighted by molar-refractivity contribution is 0.187. The van der Waals surface area contributed by atoms with Gasteiger partial charge >= 0.3 is 6.09 Å². The molecule has 0 aliphatic heterocycles. The molecule has 0 radical (unpaired) electrons. The number of fused-ring (bicyclic) bond motifs is 3. The summed E-state index contributed by atoms with van der Waals surface area (Å²) in [6.45, 7) is 2.87. The summed E-state index contributed by atoms with van der Waals surface area (Å²) in [6, 6.07) is 16.2. The maximum atomic E-state index is 11.6. The van der Waals surface area contributed by atoms with E-state index in [2.05, 4.69) is 60.0 Å². The second kappa shape index (κ2) is 7.56. The van der Waals surface area contributed by atoms with Gasteiger partial charge in [-0.2, -0.15) is 0 Å². The SMILES string of the molecule is COC(=O)Nc1ccc2ccn3c(CN(C)C)c(-c4ccccc4C)nc3c2c1. The van der Waals surface area contributed by atoms with Crippen molar-refractivity contribution in [3.8, 4) is 11.3 Å².